The summed E-state index contributed by atoms with van der Waals surface area (Å²) < 4.78 is 0. The molecule has 2 heteroatoms. The van der Waals surface area contributed by atoms with E-state index < -0.39 is 0 Å². The molecule has 1 saturated heterocycles. The Morgan fingerprint density at radius 2 is 1.81 bits per heavy atom. The highest BCUT2D eigenvalue weighted by Gasteiger charge is 2.22. The zero-order valence-corrected chi connectivity index (χ0v) is 11.4. The maximum atomic E-state index is 3.63. The molecule has 0 aliphatic carbocycles. The number of thioether (sulfide) groups is 1. The van der Waals surface area contributed by atoms with E-state index in [1.165, 1.54) is 28.7 Å². The molecule has 0 radical (unpaired) electrons. The lowest BCUT2D eigenvalue weighted by Crippen LogP contribution is -2.29. The van der Waals surface area contributed by atoms with E-state index in [1.54, 1.807) is 0 Å². The summed E-state index contributed by atoms with van der Waals surface area (Å²) in [4.78, 5) is 0. The molecule has 0 amide bonds. The zero-order chi connectivity index (χ0) is 11.7. The average molecular weight is 235 g/mol. The maximum Gasteiger partial charge on any atom is 0.0797 e. The Labute approximate surface area is 103 Å². The molecule has 1 aliphatic rings. The van der Waals surface area contributed by atoms with Gasteiger partial charge in [0.1, 0.15) is 0 Å². The first-order valence-corrected chi connectivity index (χ1v) is 6.99. The van der Waals surface area contributed by atoms with Crippen LogP contribution in [0.3, 0.4) is 0 Å². The van der Waals surface area contributed by atoms with Crippen molar-refractivity contribution in [1.29, 1.82) is 0 Å². The van der Waals surface area contributed by atoms with Gasteiger partial charge in [-0.15, -0.1) is 11.8 Å². The first-order valence-electron chi connectivity index (χ1n) is 6.04. The second-order valence-corrected chi connectivity index (χ2v) is 6.43. The molecular formula is C14H21NS. The minimum Gasteiger partial charge on any atom is -0.302 e. The monoisotopic (exact) mass is 235 g/mol. The lowest BCUT2D eigenvalue weighted by Gasteiger charge is -2.30. The fraction of sp³-hybridized carbons (Fsp3) is 0.571. The van der Waals surface area contributed by atoms with Gasteiger partial charge in [0.25, 0.3) is 0 Å². The molecule has 1 N–H and O–H groups in total. The van der Waals surface area contributed by atoms with Crippen LogP contribution >= 0.6 is 11.8 Å². The summed E-state index contributed by atoms with van der Waals surface area (Å²) in [5.41, 5.74) is 5.72. The van der Waals surface area contributed by atoms with E-state index >= 15 is 0 Å². The number of aryl methyl sites for hydroxylation is 3. The van der Waals surface area contributed by atoms with Gasteiger partial charge in [0.2, 0.25) is 0 Å². The van der Waals surface area contributed by atoms with Crippen molar-refractivity contribution in [1.82, 2.24) is 5.32 Å². The predicted molar refractivity (Wildman–Crippen MR) is 73.1 cm³/mol. The Morgan fingerprint density at radius 3 is 2.38 bits per heavy atom. The highest BCUT2D eigenvalue weighted by Crippen LogP contribution is 2.37. The molecule has 2 atom stereocenters. The average Bonchev–Trinajstić information content (AvgIpc) is 2.15. The summed E-state index contributed by atoms with van der Waals surface area (Å²) >= 11 is 2.06. The molecule has 0 aromatic heterocycles. The third-order valence-corrected chi connectivity index (χ3v) is 4.62. The summed E-state index contributed by atoms with van der Waals surface area (Å²) in [5.74, 6) is 0. The molecule has 16 heavy (non-hydrogen) atoms. The third kappa shape index (κ3) is 2.44. The minimum absolute atomic E-state index is 0.490. The lowest BCUT2D eigenvalue weighted by molar-refractivity contribution is 0.602. The van der Waals surface area contributed by atoms with Crippen LogP contribution in [0.25, 0.3) is 0 Å². The van der Waals surface area contributed by atoms with Gasteiger partial charge in [-0.25, -0.2) is 0 Å². The molecule has 1 aromatic rings. The highest BCUT2D eigenvalue weighted by molar-refractivity contribution is 8.00. The number of hydrogen-bond acceptors (Lipinski definition) is 2. The second-order valence-electron chi connectivity index (χ2n) is 4.88. The van der Waals surface area contributed by atoms with Crippen LogP contribution in [-0.4, -0.2) is 11.8 Å². The Balaban J connectivity index is 2.32. The molecule has 88 valence electrons. The van der Waals surface area contributed by atoms with Gasteiger partial charge in [-0.1, -0.05) is 24.6 Å². The molecule has 1 fully saturated rings. The van der Waals surface area contributed by atoms with Crippen LogP contribution in [0.15, 0.2) is 12.1 Å². The summed E-state index contributed by atoms with van der Waals surface area (Å²) in [5, 5.41) is 4.89. The van der Waals surface area contributed by atoms with E-state index in [1.807, 2.05) is 0 Å². The highest BCUT2D eigenvalue weighted by atomic mass is 32.2. The minimum atomic E-state index is 0.490. The number of benzene rings is 1. The molecule has 0 spiro atoms. The zero-order valence-electron chi connectivity index (χ0n) is 10.6. The number of nitrogens with one attached hydrogen (secondary N) is 1. The van der Waals surface area contributed by atoms with Crippen LogP contribution < -0.4 is 5.32 Å². The Bertz CT molecular complexity index is 363. The molecule has 2 rings (SSSR count). The van der Waals surface area contributed by atoms with Crippen molar-refractivity contribution in [2.24, 2.45) is 0 Å². The summed E-state index contributed by atoms with van der Waals surface area (Å²) in [6.45, 7) is 10.1. The van der Waals surface area contributed by atoms with Crippen molar-refractivity contribution >= 4 is 11.8 Å². The molecule has 0 saturated carbocycles. The normalized spacial score (nSPS) is 25.8. The quantitative estimate of drug-likeness (QED) is 0.796. The first-order chi connectivity index (χ1) is 7.58. The second kappa shape index (κ2) is 4.80. The van der Waals surface area contributed by atoms with Crippen LogP contribution in [0, 0.1) is 20.8 Å². The van der Waals surface area contributed by atoms with Crippen molar-refractivity contribution in [3.05, 3.63) is 34.4 Å². The predicted octanol–water partition coefficient (Wildman–Crippen LogP) is 3.73. The van der Waals surface area contributed by atoms with Crippen LogP contribution in [0.5, 0.6) is 0 Å². The largest absolute Gasteiger partial charge is 0.302 e. The van der Waals surface area contributed by atoms with Crippen LogP contribution in [0.2, 0.25) is 0 Å². The Kier molecular flexibility index (Phi) is 3.60. The van der Waals surface area contributed by atoms with Gasteiger partial charge in [0.05, 0.1) is 5.37 Å². The van der Waals surface area contributed by atoms with Gasteiger partial charge in [0.15, 0.2) is 0 Å². The first kappa shape index (κ1) is 12.0. The fourth-order valence-electron chi connectivity index (χ4n) is 2.54. The molecule has 2 unspecified atom stereocenters. The van der Waals surface area contributed by atoms with Crippen molar-refractivity contribution in [2.75, 3.05) is 6.54 Å². The molecular weight excluding hydrogens is 214 g/mol. The molecule has 1 aromatic carbocycles. The van der Waals surface area contributed by atoms with Crippen LogP contribution in [-0.2, 0) is 0 Å². The van der Waals surface area contributed by atoms with E-state index in [2.05, 4.69) is 56.9 Å². The van der Waals surface area contributed by atoms with E-state index in [-0.39, 0.29) is 0 Å². The molecule has 1 aliphatic heterocycles. The van der Waals surface area contributed by atoms with Gasteiger partial charge >= 0.3 is 0 Å². The fourth-order valence-corrected chi connectivity index (χ4v) is 3.98. The van der Waals surface area contributed by atoms with E-state index in [0.29, 0.717) is 5.37 Å². The Morgan fingerprint density at radius 1 is 1.19 bits per heavy atom. The van der Waals surface area contributed by atoms with Gasteiger partial charge in [-0.05, 0) is 50.4 Å². The Hall–Kier alpha value is -0.470. The number of hydrogen-bond donors (Lipinski definition) is 1. The molecule has 0 bridgehead atoms. The van der Waals surface area contributed by atoms with Gasteiger partial charge in [-0.2, -0.15) is 0 Å². The number of rotatable bonds is 1. The summed E-state index contributed by atoms with van der Waals surface area (Å²) in [7, 11) is 0. The van der Waals surface area contributed by atoms with E-state index in [4.69, 9.17) is 0 Å². The van der Waals surface area contributed by atoms with E-state index in [0.717, 1.165) is 11.8 Å². The summed E-state index contributed by atoms with van der Waals surface area (Å²) in [6.07, 6.45) is 1.28. The topological polar surface area (TPSA) is 12.0 Å². The third-order valence-electron chi connectivity index (χ3n) is 3.25. The lowest BCUT2D eigenvalue weighted by atomic mass is 9.99. The van der Waals surface area contributed by atoms with Gasteiger partial charge in [-0.3, -0.25) is 0 Å². The standard InChI is InChI=1S/C14H21NS/c1-9-7-10(2)13(11(3)8-9)14-15-6-5-12(4)16-14/h7-8,12,14-15H,5-6H2,1-4H3. The van der Waals surface area contributed by atoms with Crippen molar-refractivity contribution < 1.29 is 0 Å². The van der Waals surface area contributed by atoms with E-state index in [9.17, 15) is 0 Å². The van der Waals surface area contributed by atoms with Crippen molar-refractivity contribution in [2.45, 2.75) is 44.7 Å². The van der Waals surface area contributed by atoms with Crippen molar-refractivity contribution in [3.63, 3.8) is 0 Å². The molecule has 1 heterocycles. The molecule has 1 nitrogen and oxygen atoms in total. The maximum absolute atomic E-state index is 3.63. The summed E-state index contributed by atoms with van der Waals surface area (Å²) in [6, 6.07) is 4.59. The van der Waals surface area contributed by atoms with Crippen LogP contribution in [0.4, 0.5) is 0 Å². The SMILES string of the molecule is Cc1cc(C)c(C2NCCC(C)S2)c(C)c1. The smallest absolute Gasteiger partial charge is 0.0797 e. The van der Waals surface area contributed by atoms with Gasteiger partial charge < -0.3 is 5.32 Å². The van der Waals surface area contributed by atoms with Gasteiger partial charge in [0, 0.05) is 5.25 Å². The van der Waals surface area contributed by atoms with Crippen molar-refractivity contribution in [3.8, 4) is 0 Å². The van der Waals surface area contributed by atoms with Crippen LogP contribution in [0.1, 0.15) is 41.0 Å².